The number of ether oxygens (including phenoxy) is 6. The van der Waals surface area contributed by atoms with Crippen LogP contribution < -0.4 is 10.6 Å². The fraction of sp³-hybridized carbons (Fsp3) is 0.900. The summed E-state index contributed by atoms with van der Waals surface area (Å²) in [6.07, 6.45) is 21.7. The number of aliphatic hydroxyl groups is 11. The molecule has 0 aromatic rings. The molecule has 3 heterocycles. The lowest BCUT2D eigenvalue weighted by Crippen LogP contribution is -2.70. The van der Waals surface area contributed by atoms with E-state index in [-0.39, 0.29) is 18.9 Å². The molecular formula is C70H128N2O21. The Morgan fingerprint density at radius 2 is 1.03 bits per heavy atom. The Kier molecular flexibility index (Phi) is 45.9. The molecule has 18 atom stereocenters. The Balaban J connectivity index is 1.57. The van der Waals surface area contributed by atoms with E-state index in [0.29, 0.717) is 19.3 Å². The number of amides is 2. The van der Waals surface area contributed by atoms with Gasteiger partial charge in [-0.15, -0.1) is 0 Å². The Morgan fingerprint density at radius 1 is 0.559 bits per heavy atom. The first-order chi connectivity index (χ1) is 44.9. The Morgan fingerprint density at radius 3 is 1.51 bits per heavy atom. The number of rotatable bonds is 55. The monoisotopic (exact) mass is 1330 g/mol. The van der Waals surface area contributed by atoms with Crippen molar-refractivity contribution in [1.29, 1.82) is 0 Å². The molecular weight excluding hydrogens is 1200 g/mol. The number of allylic oxidation sites excluding steroid dienone is 4. The van der Waals surface area contributed by atoms with Crippen LogP contribution in [0, 0.1) is 0 Å². The van der Waals surface area contributed by atoms with E-state index >= 15 is 0 Å². The summed E-state index contributed by atoms with van der Waals surface area (Å²) >= 11 is 0. The summed E-state index contributed by atoms with van der Waals surface area (Å²) in [6, 6.07) is -2.54. The van der Waals surface area contributed by atoms with Crippen LogP contribution >= 0.6 is 0 Å². The molecule has 18 unspecified atom stereocenters. The zero-order valence-electron chi connectivity index (χ0n) is 56.9. The first-order valence-electron chi connectivity index (χ1n) is 36.2. The predicted molar refractivity (Wildman–Crippen MR) is 352 cm³/mol. The van der Waals surface area contributed by atoms with Gasteiger partial charge in [0, 0.05) is 19.8 Å². The van der Waals surface area contributed by atoms with Crippen molar-refractivity contribution < 1.29 is 104 Å². The van der Waals surface area contributed by atoms with Crippen molar-refractivity contribution in [3.05, 3.63) is 24.3 Å². The topological polar surface area (TPSA) is 373 Å². The van der Waals surface area contributed by atoms with Crippen molar-refractivity contribution in [2.75, 3.05) is 26.4 Å². The Hall–Kier alpha value is -2.79. The number of nitrogens with one attached hydrogen (secondary N) is 2. The average molecular weight is 1330 g/mol. The standard InChI is InChI=1S/C70H128N2O21/c1-4-6-8-10-12-14-16-18-20-22-23-24-25-26-27-28-30-32-34-36-38-40-42-44-57(80)72-51(52(77)43-41-39-37-35-33-31-29-21-19-17-15-13-11-9-7-5-2)49-88-67-62(84)61(83)64(56(48-75)90-67)91-68-63(85)66(60(82)55(47-74)89-68)93-70(69(86)87)45-53(78)58(71-50(3)76)65(92-70)59(81)54(79)46-73/h23-24,26-27,51-56,58-68,73-75,77-79,81-85H,4-22,25,28-49H2,1-3H3,(H,71,76)(H,72,80)(H,86,87)/b24-23-,27-26-. The molecule has 0 bridgehead atoms. The third kappa shape index (κ3) is 32.6. The SMILES string of the molecule is CCCCCCCCCCC/C=C\C/C=C\CCCCCCCCCC(=O)NC(COC1OC(CO)C(OC2OC(CO)C(O)C(OC3(C(=O)O)CC(O)C(NC(C)=O)C(C(O)C(O)CO)O3)C2O)C(O)C1O)C(O)CCCCCCCCCCCCCCCCCC. The Labute approximate surface area is 555 Å². The number of unbranched alkanes of at least 4 members (excludes halogenated alkanes) is 31. The minimum Gasteiger partial charge on any atom is -0.477 e. The maximum atomic E-state index is 13.5. The fourth-order valence-electron chi connectivity index (χ4n) is 12.6. The van der Waals surface area contributed by atoms with Crippen molar-refractivity contribution in [1.82, 2.24) is 10.6 Å². The van der Waals surface area contributed by atoms with Crippen LogP contribution in [0.15, 0.2) is 24.3 Å². The second-order valence-corrected chi connectivity index (χ2v) is 26.5. The van der Waals surface area contributed by atoms with Crippen LogP contribution in [0.1, 0.15) is 265 Å². The maximum Gasteiger partial charge on any atom is 0.364 e. The molecule has 23 heteroatoms. The van der Waals surface area contributed by atoms with Gasteiger partial charge in [-0.25, -0.2) is 4.79 Å². The number of hydrogen-bond acceptors (Lipinski definition) is 20. The smallest absolute Gasteiger partial charge is 0.364 e. The van der Waals surface area contributed by atoms with Crippen LogP contribution in [0.4, 0.5) is 0 Å². The normalized spacial score (nSPS) is 28.2. The highest BCUT2D eigenvalue weighted by molar-refractivity contribution is 5.77. The van der Waals surface area contributed by atoms with E-state index in [1.54, 1.807) is 0 Å². The average Bonchev–Trinajstić information content (AvgIpc) is 0.787. The molecule has 3 rings (SSSR count). The van der Waals surface area contributed by atoms with E-state index in [1.807, 2.05) is 0 Å². The molecule has 0 spiro atoms. The lowest BCUT2D eigenvalue weighted by atomic mass is 9.88. The zero-order valence-corrected chi connectivity index (χ0v) is 56.9. The predicted octanol–water partition coefficient (Wildman–Crippen LogP) is 7.23. The van der Waals surface area contributed by atoms with Crippen LogP contribution in [0.5, 0.6) is 0 Å². The summed E-state index contributed by atoms with van der Waals surface area (Å²) in [5, 5.41) is 136. The molecule has 3 aliphatic rings. The number of carbonyl (C=O) groups excluding carboxylic acids is 2. The van der Waals surface area contributed by atoms with Crippen molar-refractivity contribution in [2.24, 2.45) is 0 Å². The summed E-state index contributed by atoms with van der Waals surface area (Å²) in [6.45, 7) is 2.21. The molecule has 23 nitrogen and oxygen atoms in total. The van der Waals surface area contributed by atoms with Crippen molar-refractivity contribution >= 4 is 17.8 Å². The Bertz CT molecular complexity index is 1970. The van der Waals surface area contributed by atoms with Crippen LogP contribution in [0.3, 0.4) is 0 Å². The van der Waals surface area contributed by atoms with Gasteiger partial charge in [0.2, 0.25) is 11.8 Å². The highest BCUT2D eigenvalue weighted by Gasteiger charge is 2.60. The molecule has 3 saturated heterocycles. The van der Waals surface area contributed by atoms with Gasteiger partial charge in [0.15, 0.2) is 12.6 Å². The summed E-state index contributed by atoms with van der Waals surface area (Å²) in [5.41, 5.74) is 0. The van der Waals surface area contributed by atoms with Gasteiger partial charge >= 0.3 is 5.97 Å². The van der Waals surface area contributed by atoms with Crippen molar-refractivity contribution in [3.8, 4) is 0 Å². The number of carboxylic acids is 1. The molecule has 544 valence electrons. The quantitative estimate of drug-likeness (QED) is 0.0211. The van der Waals surface area contributed by atoms with Crippen molar-refractivity contribution in [2.45, 2.75) is 375 Å². The highest BCUT2D eigenvalue weighted by Crippen LogP contribution is 2.39. The van der Waals surface area contributed by atoms with Gasteiger partial charge in [0.1, 0.15) is 67.1 Å². The first kappa shape index (κ1) is 84.4. The van der Waals surface area contributed by atoms with Gasteiger partial charge < -0.3 is 100 Å². The molecule has 14 N–H and O–H groups in total. The number of aliphatic hydroxyl groups excluding tert-OH is 11. The van der Waals surface area contributed by atoms with E-state index in [0.717, 1.165) is 90.4 Å². The lowest BCUT2D eigenvalue weighted by Gasteiger charge is -2.50. The van der Waals surface area contributed by atoms with Crippen molar-refractivity contribution in [3.63, 3.8) is 0 Å². The van der Waals surface area contributed by atoms with E-state index < -0.39 is 148 Å². The number of carboxylic acid groups (broad SMARTS) is 1. The third-order valence-corrected chi connectivity index (χ3v) is 18.4. The molecule has 93 heavy (non-hydrogen) atoms. The first-order valence-corrected chi connectivity index (χ1v) is 36.2. The minimum absolute atomic E-state index is 0.215. The van der Waals surface area contributed by atoms with Gasteiger partial charge in [-0.05, 0) is 44.9 Å². The van der Waals surface area contributed by atoms with Gasteiger partial charge in [0.05, 0.1) is 50.7 Å². The van der Waals surface area contributed by atoms with E-state index in [2.05, 4.69) is 48.8 Å². The summed E-state index contributed by atoms with van der Waals surface area (Å²) in [7, 11) is 0. The summed E-state index contributed by atoms with van der Waals surface area (Å²) in [5.74, 6) is -6.11. The van der Waals surface area contributed by atoms with E-state index in [1.165, 1.54) is 128 Å². The van der Waals surface area contributed by atoms with Crippen LogP contribution in [-0.4, -0.2) is 215 Å². The molecule has 0 radical (unpaired) electrons. The summed E-state index contributed by atoms with van der Waals surface area (Å²) in [4.78, 5) is 38.6. The van der Waals surface area contributed by atoms with Gasteiger partial charge in [-0.3, -0.25) is 9.59 Å². The molecule has 0 saturated carbocycles. The molecule has 0 aromatic heterocycles. The van der Waals surface area contributed by atoms with Crippen LogP contribution in [-0.2, 0) is 42.8 Å². The molecule has 2 amide bonds. The number of hydrogen-bond donors (Lipinski definition) is 14. The van der Waals surface area contributed by atoms with Gasteiger partial charge in [0.25, 0.3) is 5.79 Å². The van der Waals surface area contributed by atoms with Crippen LogP contribution in [0.25, 0.3) is 0 Å². The van der Waals surface area contributed by atoms with Crippen LogP contribution in [0.2, 0.25) is 0 Å². The lowest BCUT2D eigenvalue weighted by molar-refractivity contribution is -0.386. The second-order valence-electron chi connectivity index (χ2n) is 26.5. The summed E-state index contributed by atoms with van der Waals surface area (Å²) < 4.78 is 34.9. The largest absolute Gasteiger partial charge is 0.477 e. The molecule has 0 aromatic carbocycles. The second kappa shape index (κ2) is 50.5. The van der Waals surface area contributed by atoms with Gasteiger partial charge in [-0.1, -0.05) is 224 Å². The number of carbonyl (C=O) groups is 3. The van der Waals surface area contributed by atoms with E-state index in [9.17, 15) is 75.7 Å². The number of aliphatic carboxylic acids is 1. The molecule has 3 aliphatic heterocycles. The molecule has 3 fully saturated rings. The van der Waals surface area contributed by atoms with E-state index in [4.69, 9.17) is 28.4 Å². The molecule has 0 aliphatic carbocycles. The minimum atomic E-state index is -3.08. The zero-order chi connectivity index (χ0) is 68.2. The third-order valence-electron chi connectivity index (χ3n) is 18.4. The maximum absolute atomic E-state index is 13.5. The highest BCUT2D eigenvalue weighted by atomic mass is 16.8. The van der Waals surface area contributed by atoms with Gasteiger partial charge in [-0.2, -0.15) is 0 Å². The fourth-order valence-corrected chi connectivity index (χ4v) is 12.6.